The van der Waals surface area contributed by atoms with Crippen molar-refractivity contribution >= 4 is 23.1 Å². The Morgan fingerprint density at radius 3 is 2.53 bits per heavy atom. The molecular weight excluding hydrogens is 274 g/mol. The van der Waals surface area contributed by atoms with Crippen LogP contribution in [0.3, 0.4) is 0 Å². The van der Waals surface area contributed by atoms with E-state index in [1.54, 1.807) is 11.3 Å². The lowest BCUT2D eigenvalue weighted by molar-refractivity contribution is 0.555. The number of nitrogens with two attached hydrogens (primary N) is 1. The molecule has 3 nitrogen and oxygen atoms in total. The smallest absolute Gasteiger partial charge is 0.0944 e. The van der Waals surface area contributed by atoms with Crippen molar-refractivity contribution < 1.29 is 0 Å². The van der Waals surface area contributed by atoms with E-state index >= 15 is 0 Å². The molecule has 19 heavy (non-hydrogen) atoms. The summed E-state index contributed by atoms with van der Waals surface area (Å²) in [6.07, 6.45) is 0.919. The molecule has 1 aromatic heterocycles. The maximum Gasteiger partial charge on any atom is 0.0944 e. The van der Waals surface area contributed by atoms with Crippen molar-refractivity contribution in [2.24, 2.45) is 11.8 Å². The van der Waals surface area contributed by atoms with Crippen molar-refractivity contribution in [2.45, 2.75) is 52.5 Å². The Morgan fingerprint density at radius 2 is 2.05 bits per heavy atom. The predicted molar refractivity (Wildman–Crippen MR) is 87.8 cm³/mol. The van der Waals surface area contributed by atoms with Crippen LogP contribution in [0.15, 0.2) is 5.38 Å². The molecule has 0 saturated carbocycles. The van der Waals surface area contributed by atoms with Crippen LogP contribution in [0.25, 0.3) is 0 Å². The van der Waals surface area contributed by atoms with Crippen molar-refractivity contribution in [1.29, 1.82) is 0 Å². The third-order valence-corrected chi connectivity index (χ3v) is 5.16. The summed E-state index contributed by atoms with van der Waals surface area (Å²) in [6.45, 7) is 11.1. The van der Waals surface area contributed by atoms with Gasteiger partial charge in [0, 0.05) is 29.0 Å². The predicted octanol–water partition coefficient (Wildman–Crippen LogP) is 3.20. The van der Waals surface area contributed by atoms with Gasteiger partial charge in [0.15, 0.2) is 0 Å². The van der Waals surface area contributed by atoms with E-state index in [0.717, 1.165) is 18.1 Å². The van der Waals surface area contributed by atoms with Crippen LogP contribution in [0.1, 0.15) is 45.3 Å². The number of thioether (sulfide) groups is 1. The molecular formula is C14H27N3S2. The average Bonchev–Trinajstić information content (AvgIpc) is 2.75. The zero-order valence-electron chi connectivity index (χ0n) is 12.7. The summed E-state index contributed by atoms with van der Waals surface area (Å²) in [5, 5.41) is 3.35. The summed E-state index contributed by atoms with van der Waals surface area (Å²) < 4.78 is 0. The van der Waals surface area contributed by atoms with Gasteiger partial charge in [0.05, 0.1) is 10.7 Å². The van der Waals surface area contributed by atoms with E-state index in [1.165, 1.54) is 16.5 Å². The molecule has 0 aromatic carbocycles. The van der Waals surface area contributed by atoms with Crippen LogP contribution in [0, 0.1) is 5.92 Å². The number of aromatic nitrogens is 1. The largest absolute Gasteiger partial charge is 0.271 e. The van der Waals surface area contributed by atoms with Crippen LogP contribution >= 0.6 is 23.1 Å². The number of hydrogen-bond donors (Lipinski definition) is 2. The van der Waals surface area contributed by atoms with E-state index in [9.17, 15) is 0 Å². The van der Waals surface area contributed by atoms with Crippen LogP contribution < -0.4 is 11.3 Å². The molecule has 1 aromatic rings. The van der Waals surface area contributed by atoms with Crippen LogP contribution in [0.5, 0.6) is 0 Å². The lowest BCUT2D eigenvalue weighted by Gasteiger charge is -2.16. The van der Waals surface area contributed by atoms with Gasteiger partial charge in [-0.15, -0.1) is 11.3 Å². The molecule has 110 valence electrons. The first kappa shape index (κ1) is 17.0. The molecule has 0 aliphatic heterocycles. The van der Waals surface area contributed by atoms with Gasteiger partial charge in [-0.3, -0.25) is 11.3 Å². The van der Waals surface area contributed by atoms with Crippen molar-refractivity contribution in [3.05, 3.63) is 16.1 Å². The number of hydrogen-bond acceptors (Lipinski definition) is 5. The van der Waals surface area contributed by atoms with Gasteiger partial charge in [0.25, 0.3) is 0 Å². The Bertz CT molecular complexity index is 369. The standard InChI is InChI=1S/C14H27N3S2/c1-10(2)7-18-8-11(17-15)6-13-16-12(9-19-13)14(3,4)5/h9-11,17H,6-8,15H2,1-5H3. The molecule has 0 amide bonds. The van der Waals surface area contributed by atoms with Gasteiger partial charge < -0.3 is 0 Å². The SMILES string of the molecule is CC(C)CSCC(Cc1nc(C(C)(C)C)cs1)NN. The zero-order chi connectivity index (χ0) is 14.5. The fourth-order valence-electron chi connectivity index (χ4n) is 1.57. The highest BCUT2D eigenvalue weighted by Crippen LogP contribution is 2.24. The number of nitrogens with one attached hydrogen (secondary N) is 1. The summed E-state index contributed by atoms with van der Waals surface area (Å²) >= 11 is 3.70. The molecule has 0 saturated heterocycles. The Hall–Kier alpha value is -0.100. The summed E-state index contributed by atoms with van der Waals surface area (Å²) in [5.41, 5.74) is 4.23. The molecule has 0 aliphatic carbocycles. The normalized spacial score (nSPS) is 14.1. The minimum absolute atomic E-state index is 0.132. The van der Waals surface area contributed by atoms with Gasteiger partial charge >= 0.3 is 0 Å². The van der Waals surface area contributed by atoms with E-state index in [-0.39, 0.29) is 5.41 Å². The lowest BCUT2D eigenvalue weighted by Crippen LogP contribution is -2.38. The van der Waals surface area contributed by atoms with Gasteiger partial charge in [0.1, 0.15) is 0 Å². The first-order valence-electron chi connectivity index (χ1n) is 6.81. The van der Waals surface area contributed by atoms with Crippen LogP contribution in [0.2, 0.25) is 0 Å². The molecule has 3 N–H and O–H groups in total. The Labute approximate surface area is 125 Å². The van der Waals surface area contributed by atoms with Gasteiger partial charge in [-0.25, -0.2) is 4.98 Å². The molecule has 0 radical (unpaired) electrons. The molecule has 0 aliphatic rings. The Balaban J connectivity index is 2.49. The highest BCUT2D eigenvalue weighted by molar-refractivity contribution is 7.99. The highest BCUT2D eigenvalue weighted by atomic mass is 32.2. The van der Waals surface area contributed by atoms with Crippen molar-refractivity contribution in [1.82, 2.24) is 10.4 Å². The maximum absolute atomic E-state index is 5.64. The third kappa shape index (κ3) is 6.25. The van der Waals surface area contributed by atoms with Gasteiger partial charge in [0.2, 0.25) is 0 Å². The monoisotopic (exact) mass is 301 g/mol. The molecule has 1 heterocycles. The summed E-state index contributed by atoms with van der Waals surface area (Å²) in [7, 11) is 0. The quantitative estimate of drug-likeness (QED) is 0.600. The number of thiazole rings is 1. The molecule has 0 bridgehead atoms. The van der Waals surface area contributed by atoms with E-state index < -0.39 is 0 Å². The molecule has 1 unspecified atom stereocenters. The second kappa shape index (κ2) is 7.62. The zero-order valence-corrected chi connectivity index (χ0v) is 14.3. The minimum atomic E-state index is 0.132. The fourth-order valence-corrected chi connectivity index (χ4v) is 3.78. The second-order valence-corrected chi connectivity index (χ2v) is 8.39. The summed E-state index contributed by atoms with van der Waals surface area (Å²) in [6, 6.07) is 0.308. The van der Waals surface area contributed by atoms with Crippen LogP contribution in [-0.2, 0) is 11.8 Å². The van der Waals surface area contributed by atoms with Gasteiger partial charge in [-0.05, 0) is 11.7 Å². The number of hydrazine groups is 1. The Kier molecular flexibility index (Phi) is 6.80. The topological polar surface area (TPSA) is 50.9 Å². The molecule has 5 heteroatoms. The van der Waals surface area contributed by atoms with E-state index in [0.29, 0.717) is 6.04 Å². The maximum atomic E-state index is 5.64. The van der Waals surface area contributed by atoms with Gasteiger partial charge in [-0.1, -0.05) is 34.6 Å². The van der Waals surface area contributed by atoms with E-state index in [2.05, 4.69) is 45.4 Å². The lowest BCUT2D eigenvalue weighted by atomic mass is 9.93. The molecule has 1 rings (SSSR count). The summed E-state index contributed by atoms with van der Waals surface area (Å²) in [5.74, 6) is 8.60. The fraction of sp³-hybridized carbons (Fsp3) is 0.786. The van der Waals surface area contributed by atoms with E-state index in [1.807, 2.05) is 11.8 Å². The van der Waals surface area contributed by atoms with Crippen molar-refractivity contribution in [3.63, 3.8) is 0 Å². The minimum Gasteiger partial charge on any atom is -0.271 e. The first-order valence-corrected chi connectivity index (χ1v) is 8.85. The third-order valence-electron chi connectivity index (χ3n) is 2.75. The second-order valence-electron chi connectivity index (χ2n) is 6.38. The van der Waals surface area contributed by atoms with Crippen LogP contribution in [-0.4, -0.2) is 22.5 Å². The number of rotatable bonds is 7. The first-order chi connectivity index (χ1) is 8.82. The van der Waals surface area contributed by atoms with Crippen LogP contribution in [0.4, 0.5) is 0 Å². The van der Waals surface area contributed by atoms with Gasteiger partial charge in [-0.2, -0.15) is 11.8 Å². The highest BCUT2D eigenvalue weighted by Gasteiger charge is 2.18. The Morgan fingerprint density at radius 1 is 1.37 bits per heavy atom. The number of nitrogens with zero attached hydrogens (tertiary/aromatic N) is 1. The van der Waals surface area contributed by atoms with E-state index in [4.69, 9.17) is 10.8 Å². The summed E-state index contributed by atoms with van der Waals surface area (Å²) in [4.78, 5) is 4.73. The molecule has 1 atom stereocenters. The molecule has 0 spiro atoms. The average molecular weight is 302 g/mol. The van der Waals surface area contributed by atoms with Crippen molar-refractivity contribution in [3.8, 4) is 0 Å². The van der Waals surface area contributed by atoms with Crippen molar-refractivity contribution in [2.75, 3.05) is 11.5 Å². The molecule has 0 fully saturated rings.